The fourth-order valence-electron chi connectivity index (χ4n) is 2.57. The summed E-state index contributed by atoms with van der Waals surface area (Å²) in [6.07, 6.45) is 3.61. The topological polar surface area (TPSA) is 55.1 Å². The normalized spacial score (nSPS) is 11.1. The molecule has 7 heteroatoms. The van der Waals surface area contributed by atoms with E-state index in [1.54, 1.807) is 6.20 Å². The van der Waals surface area contributed by atoms with E-state index in [2.05, 4.69) is 32.5 Å². The molecule has 5 nitrogen and oxygen atoms in total. The highest BCUT2D eigenvalue weighted by molar-refractivity contribution is 7.15. The summed E-state index contributed by atoms with van der Waals surface area (Å²) in [5, 5.41) is 7.93. The molecule has 24 heavy (non-hydrogen) atoms. The molecule has 120 valence electrons. The van der Waals surface area contributed by atoms with Gasteiger partial charge in [-0.1, -0.05) is 23.7 Å². The number of rotatable bonds is 4. The van der Waals surface area contributed by atoms with Gasteiger partial charge in [-0.3, -0.25) is 0 Å². The van der Waals surface area contributed by atoms with Crippen LogP contribution >= 0.6 is 22.9 Å². The van der Waals surface area contributed by atoms with Gasteiger partial charge in [0.1, 0.15) is 0 Å². The van der Waals surface area contributed by atoms with Crippen molar-refractivity contribution in [2.24, 2.45) is 0 Å². The molecule has 0 fully saturated rings. The van der Waals surface area contributed by atoms with Crippen LogP contribution in [0.2, 0.25) is 4.47 Å². The summed E-state index contributed by atoms with van der Waals surface area (Å²) in [4.78, 5) is 9.51. The van der Waals surface area contributed by atoms with Crippen molar-refractivity contribution in [2.45, 2.75) is 13.5 Å². The van der Waals surface area contributed by atoms with Gasteiger partial charge in [-0.05, 0) is 25.1 Å². The number of aryl methyl sites for hydroxylation is 1. The number of nitrogens with one attached hydrogen (secondary N) is 1. The van der Waals surface area contributed by atoms with Crippen molar-refractivity contribution < 1.29 is 0 Å². The molecule has 4 aromatic rings. The van der Waals surface area contributed by atoms with E-state index >= 15 is 0 Å². The van der Waals surface area contributed by atoms with Gasteiger partial charge in [0.15, 0.2) is 10.1 Å². The Balaban J connectivity index is 1.64. The molecule has 0 atom stereocenters. The van der Waals surface area contributed by atoms with Crippen LogP contribution < -0.4 is 5.32 Å². The van der Waals surface area contributed by atoms with E-state index in [1.807, 2.05) is 41.9 Å². The SMILES string of the molecule is Cc1cc2nccc(-c3cccc(NCc4cnc(Cl)s4)c3)n2n1. The minimum Gasteiger partial charge on any atom is -0.380 e. The van der Waals surface area contributed by atoms with Crippen LogP contribution in [-0.4, -0.2) is 19.6 Å². The second kappa shape index (κ2) is 6.22. The van der Waals surface area contributed by atoms with Gasteiger partial charge < -0.3 is 5.32 Å². The van der Waals surface area contributed by atoms with Crippen LogP contribution in [0, 0.1) is 6.92 Å². The molecule has 0 spiro atoms. The Hall–Kier alpha value is -2.44. The van der Waals surface area contributed by atoms with Gasteiger partial charge in [-0.15, -0.1) is 11.3 Å². The number of halogens is 1. The highest BCUT2D eigenvalue weighted by Gasteiger charge is 2.07. The summed E-state index contributed by atoms with van der Waals surface area (Å²) in [5.74, 6) is 0. The van der Waals surface area contributed by atoms with E-state index in [9.17, 15) is 0 Å². The third-order valence-corrected chi connectivity index (χ3v) is 4.75. The van der Waals surface area contributed by atoms with Crippen LogP contribution in [0.1, 0.15) is 10.6 Å². The van der Waals surface area contributed by atoms with E-state index in [4.69, 9.17) is 11.6 Å². The van der Waals surface area contributed by atoms with Crippen molar-refractivity contribution >= 4 is 34.3 Å². The molecule has 0 saturated heterocycles. The summed E-state index contributed by atoms with van der Waals surface area (Å²) in [7, 11) is 0. The van der Waals surface area contributed by atoms with Crippen molar-refractivity contribution in [3.05, 3.63) is 63.8 Å². The van der Waals surface area contributed by atoms with Gasteiger partial charge in [0.25, 0.3) is 0 Å². The molecule has 0 unspecified atom stereocenters. The van der Waals surface area contributed by atoms with Crippen molar-refractivity contribution in [1.29, 1.82) is 0 Å². The third kappa shape index (κ3) is 2.98. The Labute approximate surface area is 148 Å². The van der Waals surface area contributed by atoms with Crippen LogP contribution in [0.15, 0.2) is 48.8 Å². The molecule has 0 aliphatic rings. The molecule has 0 aliphatic heterocycles. The van der Waals surface area contributed by atoms with Gasteiger partial charge >= 0.3 is 0 Å². The first-order valence-electron chi connectivity index (χ1n) is 7.45. The Kier molecular flexibility index (Phi) is 3.92. The number of nitrogens with zero attached hydrogens (tertiary/aromatic N) is 4. The number of thiazole rings is 1. The van der Waals surface area contributed by atoms with Crippen LogP contribution in [0.5, 0.6) is 0 Å². The van der Waals surface area contributed by atoms with Gasteiger partial charge in [-0.2, -0.15) is 5.10 Å². The van der Waals surface area contributed by atoms with Crippen molar-refractivity contribution in [3.8, 4) is 11.3 Å². The van der Waals surface area contributed by atoms with E-state index in [0.29, 0.717) is 11.0 Å². The molecule has 0 bridgehead atoms. The predicted octanol–water partition coefficient (Wildman–Crippen LogP) is 4.43. The lowest BCUT2D eigenvalue weighted by atomic mass is 10.1. The minimum atomic E-state index is 0.564. The average Bonchev–Trinajstić information content (AvgIpc) is 3.17. The highest BCUT2D eigenvalue weighted by Crippen LogP contribution is 2.24. The molecular weight excluding hydrogens is 342 g/mol. The third-order valence-electron chi connectivity index (χ3n) is 3.63. The van der Waals surface area contributed by atoms with Crippen LogP contribution in [0.4, 0.5) is 5.69 Å². The zero-order valence-electron chi connectivity index (χ0n) is 12.9. The standard InChI is InChI=1S/C17H14ClN5S/c1-11-7-16-19-6-5-15(23(16)22-11)12-3-2-4-13(8-12)20-9-14-10-21-17(18)24-14/h2-8,10,20H,9H2,1H3. The molecule has 0 radical (unpaired) electrons. The Morgan fingerprint density at radius 2 is 2.12 bits per heavy atom. The first-order chi connectivity index (χ1) is 11.7. The molecule has 3 heterocycles. The zero-order valence-corrected chi connectivity index (χ0v) is 14.5. The lowest BCUT2D eigenvalue weighted by Crippen LogP contribution is -1.99. The second-order valence-electron chi connectivity index (χ2n) is 5.40. The van der Waals surface area contributed by atoms with E-state index in [0.717, 1.165) is 33.2 Å². The summed E-state index contributed by atoms with van der Waals surface area (Å²) in [6, 6.07) is 12.2. The summed E-state index contributed by atoms with van der Waals surface area (Å²) >= 11 is 7.35. The zero-order chi connectivity index (χ0) is 16.5. The fourth-order valence-corrected chi connectivity index (χ4v) is 3.49. The quantitative estimate of drug-likeness (QED) is 0.588. The lowest BCUT2D eigenvalue weighted by molar-refractivity contribution is 0.925. The van der Waals surface area contributed by atoms with E-state index < -0.39 is 0 Å². The van der Waals surface area contributed by atoms with Crippen molar-refractivity contribution in [1.82, 2.24) is 19.6 Å². The van der Waals surface area contributed by atoms with E-state index in [1.165, 1.54) is 11.3 Å². The van der Waals surface area contributed by atoms with Crippen molar-refractivity contribution in [2.75, 3.05) is 5.32 Å². The molecule has 0 saturated carbocycles. The monoisotopic (exact) mass is 355 g/mol. The molecule has 0 amide bonds. The number of anilines is 1. The fraction of sp³-hybridized carbons (Fsp3) is 0.118. The molecule has 1 aromatic carbocycles. The van der Waals surface area contributed by atoms with E-state index in [-0.39, 0.29) is 0 Å². The minimum absolute atomic E-state index is 0.564. The van der Waals surface area contributed by atoms with Crippen LogP contribution in [0.3, 0.4) is 0 Å². The highest BCUT2D eigenvalue weighted by atomic mass is 35.5. The first-order valence-corrected chi connectivity index (χ1v) is 8.64. The molecule has 3 aromatic heterocycles. The molecule has 4 rings (SSSR count). The van der Waals surface area contributed by atoms with Crippen LogP contribution in [-0.2, 0) is 6.54 Å². The predicted molar refractivity (Wildman–Crippen MR) is 97.6 cm³/mol. The molecular formula is C17H14ClN5S. The number of fused-ring (bicyclic) bond motifs is 1. The number of benzene rings is 1. The van der Waals surface area contributed by atoms with Crippen molar-refractivity contribution in [3.63, 3.8) is 0 Å². The average molecular weight is 356 g/mol. The number of hydrogen-bond acceptors (Lipinski definition) is 5. The summed E-state index contributed by atoms with van der Waals surface area (Å²) in [6.45, 7) is 2.66. The van der Waals surface area contributed by atoms with Gasteiger partial charge in [-0.25, -0.2) is 14.5 Å². The van der Waals surface area contributed by atoms with Crippen LogP contribution in [0.25, 0.3) is 16.9 Å². The van der Waals surface area contributed by atoms with Gasteiger partial charge in [0.2, 0.25) is 0 Å². The second-order valence-corrected chi connectivity index (χ2v) is 7.10. The van der Waals surface area contributed by atoms with Gasteiger partial charge in [0.05, 0.1) is 17.9 Å². The Morgan fingerprint density at radius 1 is 1.21 bits per heavy atom. The summed E-state index contributed by atoms with van der Waals surface area (Å²) in [5.41, 5.74) is 4.93. The molecule has 1 N–H and O–H groups in total. The Bertz CT molecular complexity index is 1010. The maximum absolute atomic E-state index is 5.87. The first kappa shape index (κ1) is 15.1. The summed E-state index contributed by atoms with van der Waals surface area (Å²) < 4.78 is 2.44. The van der Waals surface area contributed by atoms with Gasteiger partial charge in [0, 0.05) is 34.6 Å². The smallest absolute Gasteiger partial charge is 0.183 e. The number of hydrogen-bond donors (Lipinski definition) is 1. The Morgan fingerprint density at radius 3 is 2.96 bits per heavy atom. The number of aromatic nitrogens is 4. The maximum atomic E-state index is 5.87. The lowest BCUT2D eigenvalue weighted by Gasteiger charge is -2.08. The molecule has 0 aliphatic carbocycles. The largest absolute Gasteiger partial charge is 0.380 e. The maximum Gasteiger partial charge on any atom is 0.183 e.